The lowest BCUT2D eigenvalue weighted by molar-refractivity contribution is -0.141. The number of carboxylic acids is 1. The van der Waals surface area contributed by atoms with Gasteiger partial charge in [0.05, 0.1) is 6.42 Å². The van der Waals surface area contributed by atoms with Gasteiger partial charge in [0.1, 0.15) is 6.04 Å². The van der Waals surface area contributed by atoms with Crippen LogP contribution in [0.4, 0.5) is 0 Å². The minimum Gasteiger partial charge on any atom is -0.480 e. The molecular formula is C30H39NO3S. The third kappa shape index (κ3) is 11.5. The van der Waals surface area contributed by atoms with Crippen molar-refractivity contribution in [3.05, 3.63) is 83.0 Å². The first-order valence-electron chi connectivity index (χ1n) is 12.3. The van der Waals surface area contributed by atoms with Crippen LogP contribution in [0.2, 0.25) is 0 Å². The summed E-state index contributed by atoms with van der Waals surface area (Å²) < 4.78 is 0. The summed E-state index contributed by atoms with van der Waals surface area (Å²) in [6.45, 7) is 8.56. The van der Waals surface area contributed by atoms with Crippen LogP contribution in [0.1, 0.15) is 58.9 Å². The lowest BCUT2D eigenvalue weighted by Crippen LogP contribution is -2.43. The van der Waals surface area contributed by atoms with Gasteiger partial charge in [0.25, 0.3) is 0 Å². The van der Waals surface area contributed by atoms with Crippen molar-refractivity contribution in [1.29, 1.82) is 0 Å². The molecule has 5 heteroatoms. The average molecular weight is 494 g/mol. The summed E-state index contributed by atoms with van der Waals surface area (Å²) in [6, 6.07) is 13.0. The third-order valence-corrected chi connectivity index (χ3v) is 6.74. The molecule has 4 nitrogen and oxygen atoms in total. The fourth-order valence-corrected chi connectivity index (χ4v) is 4.68. The first kappa shape index (κ1) is 28.4. The highest BCUT2D eigenvalue weighted by molar-refractivity contribution is 7.99. The number of amides is 1. The third-order valence-electron chi connectivity index (χ3n) is 5.77. The van der Waals surface area contributed by atoms with E-state index >= 15 is 0 Å². The van der Waals surface area contributed by atoms with E-state index in [4.69, 9.17) is 0 Å². The molecule has 0 aliphatic carbocycles. The SMILES string of the molecule is CC(C)=CCC/C(C)=C/CC/C(C)=C/CSCC(NC(=O)Cc1ccc2ccccc2c1)C(=O)O. The van der Waals surface area contributed by atoms with Crippen LogP contribution in [-0.2, 0) is 16.0 Å². The highest BCUT2D eigenvalue weighted by Crippen LogP contribution is 2.16. The molecule has 0 saturated heterocycles. The molecule has 0 fully saturated rings. The number of aliphatic carboxylic acids is 1. The Kier molecular flexibility index (Phi) is 12.4. The smallest absolute Gasteiger partial charge is 0.327 e. The maximum absolute atomic E-state index is 12.5. The molecule has 1 unspecified atom stereocenters. The Balaban J connectivity index is 1.74. The van der Waals surface area contributed by atoms with E-state index in [-0.39, 0.29) is 12.3 Å². The number of hydrogen-bond acceptors (Lipinski definition) is 3. The van der Waals surface area contributed by atoms with E-state index in [9.17, 15) is 14.7 Å². The number of benzene rings is 2. The van der Waals surface area contributed by atoms with Crippen LogP contribution in [-0.4, -0.2) is 34.5 Å². The first-order chi connectivity index (χ1) is 16.7. The molecule has 1 atom stereocenters. The van der Waals surface area contributed by atoms with Crippen molar-refractivity contribution in [3.8, 4) is 0 Å². The Morgan fingerprint density at radius 1 is 0.914 bits per heavy atom. The van der Waals surface area contributed by atoms with Gasteiger partial charge in [-0.25, -0.2) is 4.79 Å². The van der Waals surface area contributed by atoms with Crippen molar-refractivity contribution in [1.82, 2.24) is 5.32 Å². The lowest BCUT2D eigenvalue weighted by atomic mass is 10.0. The van der Waals surface area contributed by atoms with Gasteiger partial charge in [0, 0.05) is 11.5 Å². The molecule has 2 N–H and O–H groups in total. The second-order valence-corrected chi connectivity index (χ2v) is 10.4. The summed E-state index contributed by atoms with van der Waals surface area (Å²) in [7, 11) is 0. The molecule has 2 aromatic rings. The van der Waals surface area contributed by atoms with Gasteiger partial charge in [0.2, 0.25) is 5.91 Å². The Labute approximate surface area is 214 Å². The van der Waals surface area contributed by atoms with E-state index in [0.717, 1.165) is 47.8 Å². The molecule has 0 aliphatic heterocycles. The molecule has 2 aromatic carbocycles. The summed E-state index contributed by atoms with van der Waals surface area (Å²) in [6.07, 6.45) is 11.1. The molecule has 2 rings (SSSR count). The van der Waals surface area contributed by atoms with Crippen LogP contribution in [0.15, 0.2) is 77.4 Å². The predicted molar refractivity (Wildman–Crippen MR) is 150 cm³/mol. The number of carbonyl (C=O) groups excluding carboxylic acids is 1. The van der Waals surface area contributed by atoms with Gasteiger partial charge in [-0.2, -0.15) is 11.8 Å². The van der Waals surface area contributed by atoms with Crippen molar-refractivity contribution >= 4 is 34.4 Å². The van der Waals surface area contributed by atoms with E-state index < -0.39 is 12.0 Å². The zero-order valence-corrected chi connectivity index (χ0v) is 22.3. The number of thioether (sulfide) groups is 1. The molecule has 1 amide bonds. The maximum atomic E-state index is 12.5. The Morgan fingerprint density at radius 2 is 1.57 bits per heavy atom. The fourth-order valence-electron chi connectivity index (χ4n) is 3.68. The number of carbonyl (C=O) groups is 2. The van der Waals surface area contributed by atoms with Crippen LogP contribution in [0.25, 0.3) is 10.8 Å². The summed E-state index contributed by atoms with van der Waals surface area (Å²) in [5, 5.41) is 14.4. The van der Waals surface area contributed by atoms with Crippen LogP contribution >= 0.6 is 11.8 Å². The van der Waals surface area contributed by atoms with Gasteiger partial charge in [0.15, 0.2) is 0 Å². The van der Waals surface area contributed by atoms with Crippen molar-refractivity contribution in [3.63, 3.8) is 0 Å². The molecule has 188 valence electrons. The summed E-state index contributed by atoms with van der Waals surface area (Å²) in [5.41, 5.74) is 4.97. The Bertz CT molecular complexity index is 1080. The van der Waals surface area contributed by atoms with Crippen LogP contribution in [0.5, 0.6) is 0 Å². The van der Waals surface area contributed by atoms with Gasteiger partial charge in [-0.15, -0.1) is 0 Å². The molecular weight excluding hydrogens is 454 g/mol. The minimum atomic E-state index is -1.00. The predicted octanol–water partition coefficient (Wildman–Crippen LogP) is 7.10. The number of nitrogens with one attached hydrogen (secondary N) is 1. The first-order valence-corrected chi connectivity index (χ1v) is 13.4. The number of rotatable bonds is 14. The van der Waals surface area contributed by atoms with Gasteiger partial charge in [-0.05, 0) is 69.7 Å². The van der Waals surface area contributed by atoms with Gasteiger partial charge in [-0.3, -0.25) is 4.79 Å². The molecule has 0 aliphatic rings. The second-order valence-electron chi connectivity index (χ2n) is 9.31. The molecule has 0 bridgehead atoms. The van der Waals surface area contributed by atoms with Gasteiger partial charge in [-0.1, -0.05) is 77.4 Å². The highest BCUT2D eigenvalue weighted by Gasteiger charge is 2.19. The van der Waals surface area contributed by atoms with Crippen LogP contribution in [0, 0.1) is 0 Å². The van der Waals surface area contributed by atoms with Crippen molar-refractivity contribution < 1.29 is 14.7 Å². The lowest BCUT2D eigenvalue weighted by Gasteiger charge is -2.14. The number of hydrogen-bond donors (Lipinski definition) is 2. The van der Waals surface area contributed by atoms with Crippen molar-refractivity contribution in [2.45, 2.75) is 65.8 Å². The fraction of sp³-hybridized carbons (Fsp3) is 0.400. The molecule has 35 heavy (non-hydrogen) atoms. The largest absolute Gasteiger partial charge is 0.480 e. The monoisotopic (exact) mass is 493 g/mol. The van der Waals surface area contributed by atoms with Crippen molar-refractivity contribution in [2.75, 3.05) is 11.5 Å². The molecule has 0 saturated carbocycles. The Hall–Kier alpha value is -2.79. The number of allylic oxidation sites excluding steroid dienone is 5. The normalized spacial score (nSPS) is 12.9. The number of carboxylic acid groups (broad SMARTS) is 1. The Morgan fingerprint density at radius 3 is 2.26 bits per heavy atom. The van der Waals surface area contributed by atoms with Gasteiger partial charge < -0.3 is 10.4 Å². The zero-order valence-electron chi connectivity index (χ0n) is 21.5. The zero-order chi connectivity index (χ0) is 25.6. The van der Waals surface area contributed by atoms with Gasteiger partial charge >= 0.3 is 5.97 Å². The summed E-state index contributed by atoms with van der Waals surface area (Å²) in [4.78, 5) is 24.1. The van der Waals surface area contributed by atoms with E-state index in [2.05, 4.69) is 51.2 Å². The molecule has 0 spiro atoms. The summed E-state index contributed by atoms with van der Waals surface area (Å²) in [5.74, 6) is -0.198. The average Bonchev–Trinajstić information content (AvgIpc) is 2.80. The standard InChI is InChI=1S/C30H39NO3S/c1-22(2)9-7-10-23(3)11-8-12-24(4)17-18-35-21-28(30(33)34)31-29(32)20-25-15-16-26-13-5-6-14-27(26)19-25/h5-6,9,11,13-17,19,28H,7-8,10,12,18,20-21H2,1-4H3,(H,31,32)(H,33,34)/b23-11+,24-17+. The van der Waals surface area contributed by atoms with E-state index in [1.54, 1.807) is 0 Å². The van der Waals surface area contributed by atoms with E-state index in [1.165, 1.54) is 28.5 Å². The van der Waals surface area contributed by atoms with Crippen LogP contribution < -0.4 is 5.32 Å². The van der Waals surface area contributed by atoms with E-state index in [1.807, 2.05) is 42.5 Å². The molecule has 0 heterocycles. The second kappa shape index (κ2) is 15.3. The summed E-state index contributed by atoms with van der Waals surface area (Å²) >= 11 is 1.53. The number of fused-ring (bicyclic) bond motifs is 1. The molecule has 0 radical (unpaired) electrons. The highest BCUT2D eigenvalue weighted by atomic mass is 32.2. The minimum absolute atomic E-state index is 0.166. The quantitative estimate of drug-likeness (QED) is 0.217. The topological polar surface area (TPSA) is 66.4 Å². The van der Waals surface area contributed by atoms with Crippen molar-refractivity contribution in [2.24, 2.45) is 0 Å². The van der Waals surface area contributed by atoms with Crippen LogP contribution in [0.3, 0.4) is 0 Å². The maximum Gasteiger partial charge on any atom is 0.327 e. The molecule has 0 aromatic heterocycles. The van der Waals surface area contributed by atoms with E-state index in [0.29, 0.717) is 5.75 Å².